The van der Waals surface area contributed by atoms with E-state index in [0.29, 0.717) is 0 Å². The molecular formula is C30H29F33O7. The van der Waals surface area contributed by atoms with Crippen molar-refractivity contribution in [1.29, 1.82) is 0 Å². The summed E-state index contributed by atoms with van der Waals surface area (Å²) in [6.45, 7) is -4.38. The molecule has 422 valence electrons. The number of hydrogen-bond acceptors (Lipinski definition) is 7. The summed E-state index contributed by atoms with van der Waals surface area (Å²) in [5, 5.41) is 8.50. The molecule has 0 unspecified atom stereocenters. The van der Waals surface area contributed by atoms with Crippen LogP contribution in [0.25, 0.3) is 0 Å². The van der Waals surface area contributed by atoms with Gasteiger partial charge in [0.15, 0.2) is 0 Å². The summed E-state index contributed by atoms with van der Waals surface area (Å²) in [7, 11) is 0. The van der Waals surface area contributed by atoms with Gasteiger partial charge in [-0.15, -0.1) is 0 Å². The lowest BCUT2D eigenvalue weighted by molar-refractivity contribution is -0.491. The van der Waals surface area contributed by atoms with Crippen molar-refractivity contribution in [1.82, 2.24) is 0 Å². The normalized spacial score (nSPS) is 15.9. The lowest BCUT2D eigenvalue weighted by Crippen LogP contribution is -2.80. The van der Waals surface area contributed by atoms with Crippen LogP contribution in [0.1, 0.15) is 6.42 Å². The first kappa shape index (κ1) is 67.4. The molecule has 0 saturated heterocycles. The van der Waals surface area contributed by atoms with Gasteiger partial charge in [0, 0.05) is 6.42 Å². The smallest absolute Gasteiger partial charge is 0.394 e. The van der Waals surface area contributed by atoms with Gasteiger partial charge >= 0.3 is 95.0 Å². The van der Waals surface area contributed by atoms with Crippen molar-refractivity contribution in [3.05, 3.63) is 0 Å². The van der Waals surface area contributed by atoms with E-state index in [1.54, 1.807) is 0 Å². The molecule has 70 heavy (non-hydrogen) atoms. The Morgan fingerprint density at radius 2 is 0.357 bits per heavy atom. The molecule has 1 N–H and O–H groups in total. The van der Waals surface area contributed by atoms with Crippen LogP contribution in [0.15, 0.2) is 0 Å². The molecule has 0 aliphatic carbocycles. The Morgan fingerprint density at radius 3 is 0.543 bits per heavy atom. The third kappa shape index (κ3) is 11.4. The maximum atomic E-state index is 14.2. The van der Waals surface area contributed by atoms with Crippen molar-refractivity contribution in [3.63, 3.8) is 0 Å². The molecule has 0 aliphatic heterocycles. The van der Waals surface area contributed by atoms with Crippen LogP contribution < -0.4 is 0 Å². The second kappa shape index (κ2) is 22.1. The zero-order valence-electron chi connectivity index (χ0n) is 33.3. The van der Waals surface area contributed by atoms with E-state index in [9.17, 15) is 145 Å². The first-order valence-corrected chi connectivity index (χ1v) is 17.6. The quantitative estimate of drug-likeness (QED) is 0.0508. The minimum atomic E-state index is -10.2. The third-order valence-electron chi connectivity index (χ3n) is 8.60. The average molecular weight is 1130 g/mol. The van der Waals surface area contributed by atoms with Gasteiger partial charge in [-0.25, -0.2) is 0 Å². The van der Waals surface area contributed by atoms with Crippen LogP contribution in [0.2, 0.25) is 0 Å². The van der Waals surface area contributed by atoms with Crippen molar-refractivity contribution in [2.45, 2.75) is 101 Å². The number of hydrogen-bond donors (Lipinski definition) is 1. The largest absolute Gasteiger partial charge is 0.460 e. The molecule has 0 aromatic carbocycles. The molecule has 0 atom stereocenters. The molecule has 0 aromatic heterocycles. The Hall–Kier alpha value is -2.59. The SMILES string of the molecule is OCCOCCOCCOCCOCCOCCOCCC(F)(F)C(F)(F)C(F)(F)C(F)(F)C(F)(F)C(F)(F)C(F)(F)C(F)(F)C(F)(F)C(F)(F)C(F)(F)C(F)(F)C(F)(F)C(F)(F)C(F)(F)C(F)(F)F. The average Bonchev–Trinajstić information content (AvgIpc) is 3.20. The summed E-state index contributed by atoms with van der Waals surface area (Å²) in [5.41, 5.74) is 0. The van der Waals surface area contributed by atoms with E-state index in [2.05, 4.69) is 4.74 Å². The predicted octanol–water partition coefficient (Wildman–Crippen LogP) is 10.6. The van der Waals surface area contributed by atoms with Gasteiger partial charge < -0.3 is 33.5 Å². The zero-order valence-corrected chi connectivity index (χ0v) is 33.3. The molecule has 0 amide bonds. The van der Waals surface area contributed by atoms with Gasteiger partial charge in [0.25, 0.3) is 0 Å². The van der Waals surface area contributed by atoms with E-state index in [1.165, 1.54) is 0 Å². The van der Waals surface area contributed by atoms with Crippen molar-refractivity contribution >= 4 is 0 Å². The van der Waals surface area contributed by atoms with E-state index in [1.807, 2.05) is 0 Å². The fourth-order valence-electron chi connectivity index (χ4n) is 4.40. The fourth-order valence-corrected chi connectivity index (χ4v) is 4.40. The van der Waals surface area contributed by atoms with Crippen LogP contribution in [-0.4, -0.2) is 186 Å². The topological polar surface area (TPSA) is 75.6 Å². The fraction of sp³-hybridized carbons (Fsp3) is 1.00. The molecular weight excluding hydrogens is 1100 g/mol. The Labute approximate surface area is 366 Å². The van der Waals surface area contributed by atoms with Crippen molar-refractivity contribution in [2.24, 2.45) is 0 Å². The van der Waals surface area contributed by atoms with Gasteiger partial charge in [-0.2, -0.15) is 145 Å². The molecule has 7 nitrogen and oxygen atoms in total. The number of aliphatic hydroxyl groups is 1. The van der Waals surface area contributed by atoms with Gasteiger partial charge in [0.1, 0.15) is 0 Å². The highest BCUT2D eigenvalue weighted by Gasteiger charge is 3.01. The number of aliphatic hydroxyl groups excluding tert-OH is 1. The predicted molar refractivity (Wildman–Crippen MR) is 157 cm³/mol. The number of ether oxygens (including phenoxy) is 6. The van der Waals surface area contributed by atoms with Crippen molar-refractivity contribution in [2.75, 3.05) is 85.9 Å². The van der Waals surface area contributed by atoms with Gasteiger partial charge in [-0.3, -0.25) is 0 Å². The second-order valence-electron chi connectivity index (χ2n) is 13.4. The Kier molecular flexibility index (Phi) is 21.3. The van der Waals surface area contributed by atoms with Gasteiger partial charge in [0.2, 0.25) is 0 Å². The third-order valence-corrected chi connectivity index (χ3v) is 8.60. The lowest BCUT2D eigenvalue weighted by Gasteiger charge is -2.47. The molecule has 0 aliphatic rings. The first-order valence-electron chi connectivity index (χ1n) is 17.6. The van der Waals surface area contributed by atoms with E-state index in [-0.39, 0.29) is 59.5 Å². The van der Waals surface area contributed by atoms with Gasteiger partial charge in [-0.1, -0.05) is 0 Å². The zero-order chi connectivity index (χ0) is 56.1. The van der Waals surface area contributed by atoms with Crippen molar-refractivity contribution < 1.29 is 178 Å². The van der Waals surface area contributed by atoms with E-state index < -0.39 is 128 Å². The molecule has 0 radical (unpaired) electrons. The highest BCUT2D eigenvalue weighted by molar-refractivity contribution is 5.22. The summed E-state index contributed by atoms with van der Waals surface area (Å²) in [5.74, 6) is -143. The lowest BCUT2D eigenvalue weighted by atomic mass is 9.82. The molecule has 40 heteroatoms. The van der Waals surface area contributed by atoms with Crippen LogP contribution in [0, 0.1) is 0 Å². The molecule has 0 heterocycles. The first-order chi connectivity index (χ1) is 30.8. The molecule has 0 saturated carbocycles. The van der Waals surface area contributed by atoms with E-state index >= 15 is 0 Å². The molecule has 0 bridgehead atoms. The summed E-state index contributed by atoms with van der Waals surface area (Å²) < 4.78 is 482. The minimum absolute atomic E-state index is 0.0299. The molecule has 0 aromatic rings. The Bertz CT molecular complexity index is 1620. The standard InChI is InChI=1S/C30H29F33O7/c31-15(32,1-3-65-5-7-67-9-11-69-13-14-70-12-10-68-8-6-66-4-2-64)16(33,34)17(35,36)18(37,38)19(39,40)20(41,42)21(43,44)22(45,46)23(47,48)24(49,50)25(51,52)26(53,54)27(55,56)28(57,58)29(59,60)30(61,62)63/h64H,1-14H2. The maximum absolute atomic E-state index is 14.2. The number of alkyl halides is 33. The van der Waals surface area contributed by atoms with Crippen LogP contribution in [-0.2, 0) is 28.4 Å². The van der Waals surface area contributed by atoms with Crippen LogP contribution >= 0.6 is 0 Å². The van der Waals surface area contributed by atoms with Gasteiger partial charge in [-0.05, 0) is 0 Å². The van der Waals surface area contributed by atoms with Crippen LogP contribution in [0.4, 0.5) is 145 Å². The molecule has 0 fully saturated rings. The molecule has 0 spiro atoms. The highest BCUT2D eigenvalue weighted by atomic mass is 19.4. The monoisotopic (exact) mass is 1130 g/mol. The maximum Gasteiger partial charge on any atom is 0.460 e. The Morgan fingerprint density at radius 1 is 0.200 bits per heavy atom. The van der Waals surface area contributed by atoms with E-state index in [4.69, 9.17) is 28.8 Å². The summed E-state index contributed by atoms with van der Waals surface area (Å²) >= 11 is 0. The van der Waals surface area contributed by atoms with Crippen LogP contribution in [0.3, 0.4) is 0 Å². The minimum Gasteiger partial charge on any atom is -0.394 e. The van der Waals surface area contributed by atoms with Crippen molar-refractivity contribution in [3.8, 4) is 0 Å². The Balaban J connectivity index is 6.23. The van der Waals surface area contributed by atoms with Crippen LogP contribution in [0.5, 0.6) is 0 Å². The number of rotatable bonds is 34. The van der Waals surface area contributed by atoms with Gasteiger partial charge in [0.05, 0.1) is 85.9 Å². The molecule has 0 rings (SSSR count). The second-order valence-corrected chi connectivity index (χ2v) is 13.4. The van der Waals surface area contributed by atoms with E-state index in [0.717, 1.165) is 0 Å². The number of halogens is 33. The summed E-state index contributed by atoms with van der Waals surface area (Å²) in [4.78, 5) is 0. The summed E-state index contributed by atoms with van der Waals surface area (Å²) in [6.07, 6.45) is -11.6. The highest BCUT2D eigenvalue weighted by Crippen LogP contribution is 2.70. The summed E-state index contributed by atoms with van der Waals surface area (Å²) in [6, 6.07) is 0.